The fourth-order valence-corrected chi connectivity index (χ4v) is 9.00. The summed E-state index contributed by atoms with van der Waals surface area (Å²) in [6.45, 7) is 13.4. The van der Waals surface area contributed by atoms with Crippen LogP contribution < -0.4 is 14.5 Å². The van der Waals surface area contributed by atoms with Gasteiger partial charge in [0.1, 0.15) is 18.5 Å². The molecule has 1 aliphatic carbocycles. The van der Waals surface area contributed by atoms with Crippen LogP contribution in [0.4, 0.5) is 22.7 Å². The fraction of sp³-hybridized carbons (Fsp3) is 0.135. The molecule has 8 nitrogen and oxygen atoms in total. The number of pyridine rings is 1. The van der Waals surface area contributed by atoms with E-state index >= 15 is 0 Å². The van der Waals surface area contributed by atoms with E-state index in [1.54, 1.807) is 12.7 Å². The number of anilines is 4. The Morgan fingerprint density at radius 2 is 1.39 bits per heavy atom. The second kappa shape index (κ2) is 14.5. The van der Waals surface area contributed by atoms with Crippen molar-refractivity contribution in [1.82, 2.24) is 24.5 Å². The molecular weight excluding hydrogens is 934 g/mol. The molecule has 0 saturated heterocycles. The van der Waals surface area contributed by atoms with Gasteiger partial charge in [0.2, 0.25) is 0 Å². The van der Waals surface area contributed by atoms with Crippen molar-refractivity contribution in [1.29, 1.82) is 0 Å². The summed E-state index contributed by atoms with van der Waals surface area (Å²) in [7, 11) is 0. The number of para-hydroxylation sites is 3. The third-order valence-corrected chi connectivity index (χ3v) is 12.0. The van der Waals surface area contributed by atoms with Crippen molar-refractivity contribution >= 4 is 44.6 Å². The standard InChI is InChI=1S/C52H40N7O.Pt/c1-51(2,3)33-25-26-54-47(27-33)59-43-18-9-7-15-37(43)38-22-21-36(29-46(38)59)60-35-14-12-13-34(28-35)57-32-58(45-20-11-10-19-44(45)57)49-40(50-55-30-53-31-56-50)23-24-42-48(49)39-16-6-8-17-41(39)52(42,4)5;/h6-27,30-32H,1-5H3;/q-3;. The van der Waals surface area contributed by atoms with Crippen LogP contribution in [-0.2, 0) is 31.9 Å². The van der Waals surface area contributed by atoms with Gasteiger partial charge < -0.3 is 19.1 Å². The summed E-state index contributed by atoms with van der Waals surface area (Å²) in [5.41, 5.74) is 12.7. The molecule has 61 heavy (non-hydrogen) atoms. The Hall–Kier alpha value is -6.63. The number of benzene rings is 6. The van der Waals surface area contributed by atoms with Crippen molar-refractivity contribution in [3.63, 3.8) is 0 Å². The molecule has 0 atom stereocenters. The number of aromatic nitrogens is 5. The van der Waals surface area contributed by atoms with Crippen molar-refractivity contribution in [3.8, 4) is 39.8 Å². The van der Waals surface area contributed by atoms with Gasteiger partial charge in [0.25, 0.3) is 0 Å². The van der Waals surface area contributed by atoms with E-state index in [0.717, 1.165) is 55.9 Å². The van der Waals surface area contributed by atoms with Crippen LogP contribution in [0.1, 0.15) is 51.3 Å². The molecule has 0 bridgehead atoms. The van der Waals surface area contributed by atoms with Crippen molar-refractivity contribution in [2.45, 2.75) is 45.4 Å². The first kappa shape index (κ1) is 38.6. The van der Waals surface area contributed by atoms with Gasteiger partial charge in [-0.15, -0.1) is 48.1 Å². The number of rotatable bonds is 6. The maximum atomic E-state index is 6.63. The molecule has 302 valence electrons. The average Bonchev–Trinajstić information content (AvgIpc) is 3.89. The Morgan fingerprint density at radius 3 is 2.21 bits per heavy atom. The normalized spacial score (nSPS) is 13.9. The quantitative estimate of drug-likeness (QED) is 0.154. The topological polar surface area (TPSA) is 72.2 Å². The number of ether oxygens (including phenoxy) is 1. The zero-order chi connectivity index (χ0) is 40.8. The number of fused-ring (bicyclic) bond motifs is 7. The summed E-state index contributed by atoms with van der Waals surface area (Å²) >= 11 is 0. The molecule has 2 aliphatic rings. The maximum absolute atomic E-state index is 6.63. The van der Waals surface area contributed by atoms with Crippen LogP contribution in [0.5, 0.6) is 11.5 Å². The summed E-state index contributed by atoms with van der Waals surface area (Å²) in [5, 5.41) is 2.21. The van der Waals surface area contributed by atoms with E-state index in [1.165, 1.54) is 27.8 Å². The van der Waals surface area contributed by atoms with Crippen LogP contribution in [0.15, 0.2) is 146 Å². The molecule has 0 N–H and O–H groups in total. The summed E-state index contributed by atoms with van der Waals surface area (Å²) in [6.07, 6.45) is 5.01. The van der Waals surface area contributed by atoms with Crippen molar-refractivity contribution in [2.75, 3.05) is 9.80 Å². The summed E-state index contributed by atoms with van der Waals surface area (Å²) in [6, 6.07) is 51.5. The van der Waals surface area contributed by atoms with Crippen LogP contribution in [0, 0.1) is 18.8 Å². The van der Waals surface area contributed by atoms with Gasteiger partial charge in [0.15, 0.2) is 5.82 Å². The minimum absolute atomic E-state index is 0. The second-order valence-electron chi connectivity index (χ2n) is 17.0. The summed E-state index contributed by atoms with van der Waals surface area (Å²) in [5.74, 6) is 2.62. The third-order valence-electron chi connectivity index (χ3n) is 12.0. The Morgan fingerprint density at radius 1 is 0.656 bits per heavy atom. The average molecular weight is 974 g/mol. The van der Waals surface area contributed by atoms with Crippen LogP contribution >= 0.6 is 0 Å². The number of hydrogen-bond donors (Lipinski definition) is 0. The van der Waals surface area contributed by atoms with E-state index < -0.39 is 0 Å². The van der Waals surface area contributed by atoms with E-state index in [-0.39, 0.29) is 31.9 Å². The Balaban J connectivity index is 0.00000445. The molecule has 0 amide bonds. The van der Waals surface area contributed by atoms with Crippen molar-refractivity contribution in [2.24, 2.45) is 0 Å². The van der Waals surface area contributed by atoms with Gasteiger partial charge in [-0.25, -0.2) is 19.9 Å². The van der Waals surface area contributed by atoms with Gasteiger partial charge in [-0.05, 0) is 69.5 Å². The van der Waals surface area contributed by atoms with E-state index in [2.05, 4.69) is 192 Å². The van der Waals surface area contributed by atoms with Crippen LogP contribution in [0.2, 0.25) is 0 Å². The SMILES string of the molecule is CC(C)(C)c1ccnc(-n2c3[c-]c(Oc4[c-]c(N5[CH-]N(c6c(-c7ncncn7)ccc7c6-c6ccccc6C7(C)C)c6ccccc65)ccc4)ccc3c3ccccc32)c1.[Pt]. The molecule has 4 heterocycles. The van der Waals surface area contributed by atoms with Crippen LogP contribution in [0.3, 0.4) is 0 Å². The van der Waals surface area contributed by atoms with Gasteiger partial charge >= 0.3 is 0 Å². The van der Waals surface area contributed by atoms with E-state index in [0.29, 0.717) is 17.3 Å². The van der Waals surface area contributed by atoms with Gasteiger partial charge in [-0.3, -0.25) is 0 Å². The molecule has 3 aromatic heterocycles. The molecule has 6 aromatic carbocycles. The molecule has 0 saturated carbocycles. The molecule has 9 aromatic rings. The minimum atomic E-state index is -0.196. The molecule has 0 spiro atoms. The van der Waals surface area contributed by atoms with Crippen LogP contribution in [-0.4, -0.2) is 24.5 Å². The second-order valence-corrected chi connectivity index (χ2v) is 17.0. The summed E-state index contributed by atoms with van der Waals surface area (Å²) in [4.78, 5) is 22.7. The summed E-state index contributed by atoms with van der Waals surface area (Å²) < 4.78 is 8.81. The smallest absolute Gasteiger partial charge is 0.164 e. The van der Waals surface area contributed by atoms with Gasteiger partial charge in [-0.1, -0.05) is 101 Å². The van der Waals surface area contributed by atoms with Crippen LogP contribution in [0.25, 0.3) is 50.1 Å². The predicted molar refractivity (Wildman–Crippen MR) is 239 cm³/mol. The monoisotopic (exact) mass is 973 g/mol. The Labute approximate surface area is 369 Å². The fourth-order valence-electron chi connectivity index (χ4n) is 9.00. The largest absolute Gasteiger partial charge is 0.509 e. The zero-order valence-electron chi connectivity index (χ0n) is 34.3. The first-order valence-corrected chi connectivity index (χ1v) is 20.2. The van der Waals surface area contributed by atoms with Crippen molar-refractivity contribution < 1.29 is 25.8 Å². The Kier molecular flexibility index (Phi) is 9.18. The molecule has 9 heteroatoms. The first-order valence-electron chi connectivity index (χ1n) is 20.2. The molecule has 0 fully saturated rings. The third kappa shape index (κ3) is 6.23. The zero-order valence-corrected chi connectivity index (χ0v) is 36.6. The van der Waals surface area contributed by atoms with E-state index in [4.69, 9.17) is 9.72 Å². The number of hydrogen-bond acceptors (Lipinski definition) is 7. The Bertz CT molecular complexity index is 3150. The maximum Gasteiger partial charge on any atom is 0.164 e. The van der Waals surface area contributed by atoms with Gasteiger partial charge in [-0.2, -0.15) is 12.1 Å². The molecule has 0 radical (unpaired) electrons. The van der Waals surface area contributed by atoms with E-state index in [9.17, 15) is 0 Å². The minimum Gasteiger partial charge on any atom is -0.509 e. The first-order chi connectivity index (χ1) is 29.1. The molecule has 0 unspecified atom stereocenters. The predicted octanol–water partition coefficient (Wildman–Crippen LogP) is 12.4. The molecular formula is C52H40N7OPt-3. The van der Waals surface area contributed by atoms with Crippen molar-refractivity contribution in [3.05, 3.63) is 182 Å². The van der Waals surface area contributed by atoms with Gasteiger partial charge in [0, 0.05) is 77.9 Å². The van der Waals surface area contributed by atoms with E-state index in [1.807, 2.05) is 24.4 Å². The molecule has 1 aliphatic heterocycles. The van der Waals surface area contributed by atoms with Gasteiger partial charge in [0.05, 0.1) is 0 Å². The molecule has 11 rings (SSSR count). The number of nitrogens with zero attached hydrogens (tertiary/aromatic N) is 7.